The van der Waals surface area contributed by atoms with Crippen molar-refractivity contribution in [1.82, 2.24) is 0 Å². The second-order valence-electron chi connectivity index (χ2n) is 2.99. The van der Waals surface area contributed by atoms with Gasteiger partial charge in [0.1, 0.15) is 0 Å². The Labute approximate surface area is 72.0 Å². The van der Waals surface area contributed by atoms with E-state index in [4.69, 9.17) is 14.9 Å². The molecule has 12 heavy (non-hydrogen) atoms. The molecule has 1 N–H and O–H groups in total. The monoisotopic (exact) mass is 172 g/mol. The second kappa shape index (κ2) is 4.54. The quantitative estimate of drug-likeness (QED) is 0.642. The summed E-state index contributed by atoms with van der Waals surface area (Å²) in [5, 5.41) is 18.1. The molecule has 0 bridgehead atoms. The first-order valence-corrected chi connectivity index (χ1v) is 4.14. The van der Waals surface area contributed by atoms with Gasteiger partial charge in [-0.15, -0.1) is 0 Å². The van der Waals surface area contributed by atoms with Crippen LogP contribution in [0.5, 0.6) is 0 Å². The molecule has 0 aromatic heterocycles. The highest BCUT2D eigenvalue weighted by molar-refractivity contribution is 5.82. The Hall–Kier alpha value is -0.450. The summed E-state index contributed by atoms with van der Waals surface area (Å²) in [7, 11) is 0. The number of ether oxygens (including phenoxy) is 2. The highest BCUT2D eigenvalue weighted by atomic mass is 16.7. The van der Waals surface area contributed by atoms with Crippen molar-refractivity contribution in [2.75, 3.05) is 13.2 Å². The van der Waals surface area contributed by atoms with E-state index in [1.807, 2.05) is 0 Å². The van der Waals surface area contributed by atoms with Crippen molar-refractivity contribution >= 4 is 5.71 Å². The molecule has 69 valence electrons. The molecular weight excluding hydrogens is 158 g/mol. The lowest BCUT2D eigenvalue weighted by Gasteiger charge is -2.09. The number of hydrogen-bond donors (Lipinski definition) is 1. The summed E-state index contributed by atoms with van der Waals surface area (Å²) in [5.74, 6) is 0. The molecule has 0 saturated carbocycles. The summed E-state index contributed by atoms with van der Waals surface area (Å²) in [4.78, 5) is 0. The van der Waals surface area contributed by atoms with Crippen LogP contribution in [0.25, 0.3) is 0 Å². The first-order chi connectivity index (χ1) is 5.68. The van der Waals surface area contributed by atoms with Crippen molar-refractivity contribution in [3.05, 3.63) is 0 Å². The molecule has 4 nitrogen and oxygen atoms in total. The molecule has 0 aromatic rings. The third-order valence-corrected chi connectivity index (χ3v) is 1.64. The summed E-state index contributed by atoms with van der Waals surface area (Å²) in [6, 6.07) is 0. The molecule has 4 heteroatoms. The Balaban J connectivity index is 2.16. The van der Waals surface area contributed by atoms with Crippen LogP contribution in [0.2, 0.25) is 0 Å². The van der Waals surface area contributed by atoms with Crippen LogP contribution in [-0.4, -0.2) is 31.3 Å². The molecule has 0 spiro atoms. The Kier molecular flexibility index (Phi) is 3.65. The topological polar surface area (TPSA) is 62.2 Å². The van der Waals surface area contributed by atoms with Crippen molar-refractivity contribution in [3.63, 3.8) is 0 Å². The van der Waals surface area contributed by atoms with Gasteiger partial charge in [-0.25, -0.2) is 5.11 Å². The van der Waals surface area contributed by atoms with Crippen molar-refractivity contribution in [2.24, 2.45) is 0 Å². The fraction of sp³-hybridized carbons (Fsp3) is 0.875. The Bertz CT molecular complexity index is 152. The summed E-state index contributed by atoms with van der Waals surface area (Å²) in [5.41, 5.74) is 0.421. The van der Waals surface area contributed by atoms with Gasteiger partial charge in [0.2, 0.25) is 0 Å². The van der Waals surface area contributed by atoms with E-state index in [0.717, 1.165) is 0 Å². The molecule has 1 aliphatic heterocycles. The fourth-order valence-electron chi connectivity index (χ4n) is 1.16. The smallest absolute Gasteiger partial charge is 0.162 e. The Morgan fingerprint density at radius 3 is 2.67 bits per heavy atom. The third kappa shape index (κ3) is 3.30. The average Bonchev–Trinajstić information content (AvgIpc) is 2.37. The molecule has 1 unspecified atom stereocenters. The zero-order valence-corrected chi connectivity index (χ0v) is 7.21. The van der Waals surface area contributed by atoms with Crippen LogP contribution in [0.1, 0.15) is 19.8 Å². The minimum Gasteiger partial charge on any atom is -0.350 e. The third-order valence-electron chi connectivity index (χ3n) is 1.64. The molecule has 1 radical (unpaired) electrons. The average molecular weight is 172 g/mol. The molecule has 1 fully saturated rings. The minimum absolute atomic E-state index is 0.281. The SMILES string of the molecule is CC([O])CC(=N)CC1OCCO1. The van der Waals surface area contributed by atoms with Crippen molar-refractivity contribution < 1.29 is 14.6 Å². The van der Waals surface area contributed by atoms with Gasteiger partial charge in [0.05, 0.1) is 19.3 Å². The fourth-order valence-corrected chi connectivity index (χ4v) is 1.16. The molecule has 1 heterocycles. The standard InChI is InChI=1S/C8H14NO3/c1-6(10)4-7(9)5-8-11-2-3-12-8/h6,8-9H,2-5H2,1H3. The van der Waals surface area contributed by atoms with E-state index in [0.29, 0.717) is 31.8 Å². The van der Waals surface area contributed by atoms with E-state index in [9.17, 15) is 5.11 Å². The van der Waals surface area contributed by atoms with Crippen LogP contribution in [0.15, 0.2) is 0 Å². The predicted molar refractivity (Wildman–Crippen MR) is 42.8 cm³/mol. The molecular formula is C8H14NO3. The van der Waals surface area contributed by atoms with Crippen LogP contribution in [0.4, 0.5) is 0 Å². The van der Waals surface area contributed by atoms with Crippen LogP contribution < -0.4 is 0 Å². The van der Waals surface area contributed by atoms with Crippen LogP contribution >= 0.6 is 0 Å². The van der Waals surface area contributed by atoms with E-state index in [2.05, 4.69) is 0 Å². The van der Waals surface area contributed by atoms with Gasteiger partial charge in [0.25, 0.3) is 0 Å². The first kappa shape index (κ1) is 9.64. The van der Waals surface area contributed by atoms with Gasteiger partial charge in [-0.1, -0.05) is 0 Å². The molecule has 1 atom stereocenters. The Morgan fingerprint density at radius 2 is 2.17 bits per heavy atom. The molecule has 1 saturated heterocycles. The van der Waals surface area contributed by atoms with E-state index in [1.54, 1.807) is 6.92 Å². The van der Waals surface area contributed by atoms with E-state index >= 15 is 0 Å². The maximum absolute atomic E-state index is 10.7. The van der Waals surface area contributed by atoms with Crippen molar-refractivity contribution in [1.29, 1.82) is 5.41 Å². The largest absolute Gasteiger partial charge is 0.350 e. The maximum Gasteiger partial charge on any atom is 0.162 e. The lowest BCUT2D eigenvalue weighted by molar-refractivity contribution is -0.0355. The summed E-state index contributed by atoms with van der Waals surface area (Å²) >= 11 is 0. The first-order valence-electron chi connectivity index (χ1n) is 4.14. The minimum atomic E-state index is -0.695. The molecule has 1 aliphatic rings. The highest BCUT2D eigenvalue weighted by Gasteiger charge is 2.18. The van der Waals surface area contributed by atoms with Gasteiger partial charge >= 0.3 is 0 Å². The molecule has 0 aromatic carbocycles. The number of hydrogen-bond acceptors (Lipinski definition) is 3. The molecule has 0 amide bonds. The van der Waals surface area contributed by atoms with E-state index < -0.39 is 6.10 Å². The number of rotatable bonds is 4. The van der Waals surface area contributed by atoms with Crippen LogP contribution in [-0.2, 0) is 14.6 Å². The zero-order valence-electron chi connectivity index (χ0n) is 7.21. The summed E-state index contributed by atoms with van der Waals surface area (Å²) in [6.45, 7) is 2.76. The van der Waals surface area contributed by atoms with Gasteiger partial charge in [0.15, 0.2) is 6.29 Å². The van der Waals surface area contributed by atoms with Crippen molar-refractivity contribution in [2.45, 2.75) is 32.2 Å². The van der Waals surface area contributed by atoms with Gasteiger partial charge in [-0.05, 0) is 6.92 Å². The normalized spacial score (nSPS) is 21.2. The van der Waals surface area contributed by atoms with Gasteiger partial charge in [-0.3, -0.25) is 0 Å². The summed E-state index contributed by atoms with van der Waals surface area (Å²) < 4.78 is 10.3. The lowest BCUT2D eigenvalue weighted by Crippen LogP contribution is -2.16. The second-order valence-corrected chi connectivity index (χ2v) is 2.99. The van der Waals surface area contributed by atoms with E-state index in [1.165, 1.54) is 0 Å². The lowest BCUT2D eigenvalue weighted by atomic mass is 10.1. The van der Waals surface area contributed by atoms with E-state index in [-0.39, 0.29) is 6.29 Å². The zero-order chi connectivity index (χ0) is 8.97. The molecule has 1 rings (SSSR count). The predicted octanol–water partition coefficient (Wildman–Crippen LogP) is 0.978. The molecule has 0 aliphatic carbocycles. The van der Waals surface area contributed by atoms with Gasteiger partial charge in [0, 0.05) is 18.6 Å². The van der Waals surface area contributed by atoms with Crippen molar-refractivity contribution in [3.8, 4) is 0 Å². The van der Waals surface area contributed by atoms with Crippen LogP contribution in [0, 0.1) is 5.41 Å². The number of nitrogens with one attached hydrogen (secondary N) is 1. The van der Waals surface area contributed by atoms with Gasteiger partial charge < -0.3 is 14.9 Å². The van der Waals surface area contributed by atoms with Crippen LogP contribution in [0.3, 0.4) is 0 Å². The highest BCUT2D eigenvalue weighted by Crippen LogP contribution is 2.10. The Morgan fingerprint density at radius 1 is 1.58 bits per heavy atom. The maximum atomic E-state index is 10.7. The van der Waals surface area contributed by atoms with Gasteiger partial charge in [-0.2, -0.15) is 0 Å². The summed E-state index contributed by atoms with van der Waals surface area (Å²) in [6.07, 6.45) is -0.245.